The van der Waals surface area contributed by atoms with E-state index < -0.39 is 0 Å². The Balaban J connectivity index is 0.892. The lowest BCUT2D eigenvalue weighted by atomic mass is 10.00. The van der Waals surface area contributed by atoms with E-state index in [1.807, 2.05) is 0 Å². The van der Waals surface area contributed by atoms with Crippen molar-refractivity contribution in [1.82, 2.24) is 0 Å². The van der Waals surface area contributed by atoms with Gasteiger partial charge in [-0.2, -0.15) is 0 Å². The summed E-state index contributed by atoms with van der Waals surface area (Å²) in [4.78, 5) is 4.68. The molecule has 2 nitrogen and oxygen atoms in total. The Bertz CT molecular complexity index is 3250. The molecule has 0 aliphatic rings. The van der Waals surface area contributed by atoms with Crippen molar-refractivity contribution < 1.29 is 0 Å². The fourth-order valence-electron chi connectivity index (χ4n) is 9.09. The molecule has 11 rings (SSSR count). The van der Waals surface area contributed by atoms with E-state index in [1.165, 1.54) is 55.6 Å². The first-order valence-electron chi connectivity index (χ1n) is 23.2. The molecular weight excluding hydrogens is 821 g/mol. The highest BCUT2D eigenvalue weighted by Crippen LogP contribution is 2.40. The van der Waals surface area contributed by atoms with Crippen LogP contribution >= 0.6 is 0 Å². The standard InChI is InChI=1S/C66H48N2/c1-5-13-49(14-6-1)53-21-23-54(24-22-53)58-31-43-64(44-32-58)68(63-41-29-57(30-42-63)52-19-11-4-12-20-52)66-47-35-60(36-48-66)59-33-45-65(46-34-59)67(61-37-25-55(26-38-61)50-15-7-2-8-16-50)62-39-27-56(28-40-62)51-17-9-3-10-18-51/h1-48H. The van der Waals surface area contributed by atoms with Gasteiger partial charge in [-0.1, -0.05) is 218 Å². The molecule has 0 bridgehead atoms. The highest BCUT2D eigenvalue weighted by atomic mass is 15.1. The minimum atomic E-state index is 1.09. The van der Waals surface area contributed by atoms with Crippen LogP contribution in [0.5, 0.6) is 0 Å². The van der Waals surface area contributed by atoms with E-state index in [-0.39, 0.29) is 0 Å². The maximum absolute atomic E-state index is 2.34. The van der Waals surface area contributed by atoms with Crippen LogP contribution in [-0.2, 0) is 0 Å². The number of anilines is 6. The summed E-state index contributed by atoms with van der Waals surface area (Å²) in [6.45, 7) is 0. The van der Waals surface area contributed by atoms with Crippen molar-refractivity contribution in [2.45, 2.75) is 0 Å². The summed E-state index contributed by atoms with van der Waals surface area (Å²) >= 11 is 0. The predicted molar refractivity (Wildman–Crippen MR) is 288 cm³/mol. The van der Waals surface area contributed by atoms with E-state index in [0.29, 0.717) is 0 Å². The third-order valence-electron chi connectivity index (χ3n) is 12.7. The van der Waals surface area contributed by atoms with Gasteiger partial charge in [-0.05, 0) is 140 Å². The van der Waals surface area contributed by atoms with Gasteiger partial charge in [0.05, 0.1) is 0 Å². The molecule has 0 spiro atoms. The Morgan fingerprint density at radius 3 is 0.382 bits per heavy atom. The smallest absolute Gasteiger partial charge is 0.0462 e. The van der Waals surface area contributed by atoms with E-state index in [2.05, 4.69) is 301 Å². The second-order valence-corrected chi connectivity index (χ2v) is 17.0. The molecule has 0 fully saturated rings. The zero-order valence-corrected chi connectivity index (χ0v) is 37.6. The molecule has 0 aromatic heterocycles. The van der Waals surface area contributed by atoms with Gasteiger partial charge in [0.2, 0.25) is 0 Å². The van der Waals surface area contributed by atoms with Gasteiger partial charge in [-0.15, -0.1) is 0 Å². The minimum absolute atomic E-state index is 1.09. The monoisotopic (exact) mass is 868 g/mol. The highest BCUT2D eigenvalue weighted by Gasteiger charge is 2.16. The average molecular weight is 869 g/mol. The van der Waals surface area contributed by atoms with Crippen LogP contribution in [0.2, 0.25) is 0 Å². The molecule has 0 aliphatic heterocycles. The van der Waals surface area contributed by atoms with E-state index in [9.17, 15) is 0 Å². The summed E-state index contributed by atoms with van der Waals surface area (Å²) in [5.41, 5.74) is 20.9. The molecule has 0 aliphatic carbocycles. The normalized spacial score (nSPS) is 10.9. The van der Waals surface area contributed by atoms with Crippen LogP contribution in [0.4, 0.5) is 34.1 Å². The van der Waals surface area contributed by atoms with Crippen molar-refractivity contribution >= 4 is 34.1 Å². The van der Waals surface area contributed by atoms with Gasteiger partial charge in [0.1, 0.15) is 0 Å². The molecular formula is C66H48N2. The summed E-state index contributed by atoms with van der Waals surface area (Å²) < 4.78 is 0. The van der Waals surface area contributed by atoms with E-state index in [4.69, 9.17) is 0 Å². The second-order valence-electron chi connectivity index (χ2n) is 17.0. The summed E-state index contributed by atoms with van der Waals surface area (Å²) in [6.07, 6.45) is 0. The van der Waals surface area contributed by atoms with Crippen LogP contribution in [-0.4, -0.2) is 0 Å². The summed E-state index contributed by atoms with van der Waals surface area (Å²) in [7, 11) is 0. The SMILES string of the molecule is c1ccc(-c2ccc(-c3ccc(N(c4ccc(-c5ccccc5)cc4)c4ccc(-c5ccc(N(c6ccc(-c7ccccc7)cc6)c6ccc(-c7ccccc7)cc6)cc5)cc4)cc3)cc2)cc1. The molecule has 11 aromatic carbocycles. The van der Waals surface area contributed by atoms with Crippen LogP contribution in [0, 0.1) is 0 Å². The first-order valence-corrected chi connectivity index (χ1v) is 23.2. The average Bonchev–Trinajstić information content (AvgIpc) is 3.43. The molecule has 0 radical (unpaired) electrons. The Morgan fingerprint density at radius 1 is 0.118 bits per heavy atom. The lowest BCUT2D eigenvalue weighted by Gasteiger charge is -2.27. The van der Waals surface area contributed by atoms with Gasteiger partial charge in [0, 0.05) is 34.1 Å². The number of rotatable bonds is 12. The Hall–Kier alpha value is -8.98. The van der Waals surface area contributed by atoms with Crippen LogP contribution < -0.4 is 9.80 Å². The molecule has 0 amide bonds. The van der Waals surface area contributed by atoms with E-state index >= 15 is 0 Å². The Kier molecular flexibility index (Phi) is 11.8. The van der Waals surface area contributed by atoms with Crippen LogP contribution in [0.3, 0.4) is 0 Å². The van der Waals surface area contributed by atoms with Crippen molar-refractivity contribution in [2.75, 3.05) is 9.80 Å². The largest absolute Gasteiger partial charge is 0.311 e. The third kappa shape index (κ3) is 9.00. The molecule has 0 N–H and O–H groups in total. The summed E-state index contributed by atoms with van der Waals surface area (Å²) in [5, 5.41) is 0. The molecule has 11 aromatic rings. The fraction of sp³-hybridized carbons (Fsp3) is 0. The lowest BCUT2D eigenvalue weighted by molar-refractivity contribution is 1.28. The maximum Gasteiger partial charge on any atom is 0.0462 e. The molecule has 0 saturated carbocycles. The first-order chi connectivity index (χ1) is 33.7. The van der Waals surface area contributed by atoms with Crippen molar-refractivity contribution in [1.29, 1.82) is 0 Å². The van der Waals surface area contributed by atoms with Crippen LogP contribution in [0.1, 0.15) is 0 Å². The summed E-state index contributed by atoms with van der Waals surface area (Å²) in [6, 6.07) is 104. The molecule has 0 heterocycles. The number of nitrogens with zero attached hydrogens (tertiary/aromatic N) is 2. The van der Waals surface area contributed by atoms with Crippen molar-refractivity contribution in [2.24, 2.45) is 0 Å². The van der Waals surface area contributed by atoms with Crippen molar-refractivity contribution in [3.05, 3.63) is 291 Å². The van der Waals surface area contributed by atoms with E-state index in [0.717, 1.165) is 45.3 Å². The van der Waals surface area contributed by atoms with Crippen molar-refractivity contribution in [3.8, 4) is 66.8 Å². The Morgan fingerprint density at radius 2 is 0.235 bits per heavy atom. The van der Waals surface area contributed by atoms with Gasteiger partial charge >= 0.3 is 0 Å². The minimum Gasteiger partial charge on any atom is -0.311 e. The van der Waals surface area contributed by atoms with Gasteiger partial charge in [-0.25, -0.2) is 0 Å². The lowest BCUT2D eigenvalue weighted by Crippen LogP contribution is -2.10. The molecule has 322 valence electrons. The summed E-state index contributed by atoms with van der Waals surface area (Å²) in [5.74, 6) is 0. The molecule has 68 heavy (non-hydrogen) atoms. The first kappa shape index (κ1) is 41.7. The number of hydrogen-bond acceptors (Lipinski definition) is 2. The topological polar surface area (TPSA) is 6.48 Å². The molecule has 0 unspecified atom stereocenters. The van der Waals surface area contributed by atoms with Gasteiger partial charge in [0.15, 0.2) is 0 Å². The molecule has 2 heteroatoms. The molecule has 0 atom stereocenters. The third-order valence-corrected chi connectivity index (χ3v) is 12.7. The zero-order valence-electron chi connectivity index (χ0n) is 37.6. The fourth-order valence-corrected chi connectivity index (χ4v) is 9.09. The second kappa shape index (κ2) is 19.2. The maximum atomic E-state index is 2.34. The zero-order chi connectivity index (χ0) is 45.5. The van der Waals surface area contributed by atoms with Gasteiger partial charge < -0.3 is 9.80 Å². The number of hydrogen-bond donors (Lipinski definition) is 0. The predicted octanol–water partition coefficient (Wildman–Crippen LogP) is 18.6. The number of benzene rings is 11. The van der Waals surface area contributed by atoms with Gasteiger partial charge in [0.25, 0.3) is 0 Å². The van der Waals surface area contributed by atoms with Crippen molar-refractivity contribution in [3.63, 3.8) is 0 Å². The van der Waals surface area contributed by atoms with Crippen LogP contribution in [0.15, 0.2) is 291 Å². The van der Waals surface area contributed by atoms with Gasteiger partial charge in [-0.3, -0.25) is 0 Å². The van der Waals surface area contributed by atoms with Crippen LogP contribution in [0.25, 0.3) is 66.8 Å². The van der Waals surface area contributed by atoms with E-state index in [1.54, 1.807) is 0 Å². The molecule has 0 saturated heterocycles. The highest BCUT2D eigenvalue weighted by molar-refractivity contribution is 5.84. The Labute approximate surface area is 400 Å². The quantitative estimate of drug-likeness (QED) is 0.121.